The molecule has 0 unspecified atom stereocenters. The van der Waals surface area contributed by atoms with E-state index in [-0.39, 0.29) is 0 Å². The van der Waals surface area contributed by atoms with Crippen LogP contribution in [0, 0.1) is 0 Å². The van der Waals surface area contributed by atoms with Crippen molar-refractivity contribution in [2.45, 2.75) is 6.92 Å². The standard InChI is InChI=1S/C7H14N2O.5CH2O.W/c1-2-10-6-5-9-4-3-8-7-9;5*1-2;/h8H,2-6H2,1H3;5*1H2;. The topological polar surface area (TPSA) is 110 Å². The van der Waals surface area contributed by atoms with E-state index in [2.05, 4.69) is 10.2 Å². The molecule has 0 saturated carbocycles. The Morgan fingerprint density at radius 2 is 1.48 bits per heavy atom. The summed E-state index contributed by atoms with van der Waals surface area (Å²) in [4.78, 5) is 42.4. The van der Waals surface area contributed by atoms with Crippen molar-refractivity contribution in [2.75, 3.05) is 32.8 Å². The Kier molecular flexibility index (Phi) is 65.1. The first-order valence-corrected chi connectivity index (χ1v) is 6.86. The number of carbonyl (C=O) groups excluding carboxylic acids is 5. The molecule has 0 aliphatic carbocycles. The number of hydrogen-bond acceptors (Lipinski definition) is 8. The first kappa shape index (κ1) is 31.9. The van der Waals surface area contributed by atoms with E-state index >= 15 is 0 Å². The second-order valence-electron chi connectivity index (χ2n) is 2.42. The van der Waals surface area contributed by atoms with Crippen LogP contribution in [0.25, 0.3) is 0 Å². The zero-order valence-electron chi connectivity index (χ0n) is 12.4. The number of hydrogen-bond donors (Lipinski definition) is 1. The normalized spacial score (nSPS) is 11.2. The van der Waals surface area contributed by atoms with Gasteiger partial charge in [-0.15, -0.1) is 0 Å². The maximum absolute atomic E-state index is 8.00. The van der Waals surface area contributed by atoms with Gasteiger partial charge < -0.3 is 24.0 Å². The molecule has 0 amide bonds. The number of nitrogens with one attached hydrogen (secondary N) is 1. The van der Waals surface area contributed by atoms with E-state index in [4.69, 9.17) is 28.7 Å². The molecule has 0 aromatic heterocycles. The molecular formula is C12H24N2O6W. The van der Waals surface area contributed by atoms with Crippen molar-refractivity contribution >= 4 is 38.1 Å². The Balaban J connectivity index is -0.0000000727. The predicted octanol–water partition coefficient (Wildman–Crippen LogP) is -1.36. The maximum atomic E-state index is 8.00. The van der Waals surface area contributed by atoms with Crippen molar-refractivity contribution in [3.8, 4) is 0 Å². The molecule has 8 nitrogen and oxygen atoms in total. The fourth-order valence-corrected chi connectivity index (χ4v) is 2.07. The molecule has 124 valence electrons. The summed E-state index contributed by atoms with van der Waals surface area (Å²) in [7, 11) is 0. The van der Waals surface area contributed by atoms with E-state index in [9.17, 15) is 0 Å². The van der Waals surface area contributed by atoms with Crippen molar-refractivity contribution < 1.29 is 48.1 Å². The average molecular weight is 476 g/mol. The van der Waals surface area contributed by atoms with Gasteiger partial charge in [-0.25, -0.2) is 0 Å². The molecule has 9 heteroatoms. The Morgan fingerprint density at radius 3 is 1.76 bits per heavy atom. The van der Waals surface area contributed by atoms with Crippen LogP contribution in [-0.4, -0.2) is 75.8 Å². The van der Waals surface area contributed by atoms with Gasteiger partial charge in [-0.2, -0.15) is 0 Å². The molecule has 1 aliphatic heterocycles. The molecule has 0 aromatic rings. The third kappa shape index (κ3) is 27.9. The molecule has 21 heavy (non-hydrogen) atoms. The Bertz CT molecular complexity index is 201. The van der Waals surface area contributed by atoms with E-state index in [1.165, 1.54) is 23.5 Å². The third-order valence-electron chi connectivity index (χ3n) is 1.65. The average Bonchev–Trinajstić information content (AvgIpc) is 3.02. The van der Waals surface area contributed by atoms with E-state index in [1.54, 1.807) is 0 Å². The first-order valence-electron chi connectivity index (χ1n) is 5.39. The monoisotopic (exact) mass is 476 g/mol. The summed E-state index contributed by atoms with van der Waals surface area (Å²) in [5.74, 6) is 0. The minimum absolute atomic E-state index is 0.827. The van der Waals surface area contributed by atoms with Crippen molar-refractivity contribution in [1.82, 2.24) is 10.2 Å². The zero-order chi connectivity index (χ0) is 18.1. The predicted molar refractivity (Wildman–Crippen MR) is 76.7 cm³/mol. The summed E-state index contributed by atoms with van der Waals surface area (Å²) < 4.78 is 6.64. The van der Waals surface area contributed by atoms with Crippen molar-refractivity contribution in [3.05, 3.63) is 0 Å². The van der Waals surface area contributed by atoms with Crippen molar-refractivity contribution in [3.63, 3.8) is 0 Å². The van der Waals surface area contributed by atoms with E-state index in [0.717, 1.165) is 32.8 Å². The van der Waals surface area contributed by atoms with Crippen molar-refractivity contribution in [2.24, 2.45) is 0 Å². The second-order valence-corrected chi connectivity index (χ2v) is 3.81. The summed E-state index contributed by atoms with van der Waals surface area (Å²) in [6.07, 6.45) is 0. The molecule has 1 aliphatic rings. The van der Waals surface area contributed by atoms with Crippen LogP contribution >= 0.6 is 0 Å². The van der Waals surface area contributed by atoms with Crippen LogP contribution in [0.4, 0.5) is 0 Å². The molecule has 0 bridgehead atoms. The van der Waals surface area contributed by atoms with Crippen LogP contribution in [0.15, 0.2) is 0 Å². The summed E-state index contributed by atoms with van der Waals surface area (Å²) in [6, 6.07) is 0. The van der Waals surface area contributed by atoms with Gasteiger partial charge >= 0.3 is 78.2 Å². The van der Waals surface area contributed by atoms with Crippen LogP contribution in [0.3, 0.4) is 0 Å². The second kappa shape index (κ2) is 42.8. The van der Waals surface area contributed by atoms with Gasteiger partial charge in [0.25, 0.3) is 0 Å². The molecule has 0 aromatic carbocycles. The van der Waals surface area contributed by atoms with Crippen LogP contribution in [0.5, 0.6) is 0 Å². The summed E-state index contributed by atoms with van der Waals surface area (Å²) >= 11 is 1.52. The molecule has 1 fully saturated rings. The van der Waals surface area contributed by atoms with Crippen LogP contribution in [0.1, 0.15) is 6.92 Å². The molecular weight excluding hydrogens is 452 g/mol. The van der Waals surface area contributed by atoms with Crippen LogP contribution < -0.4 is 5.32 Å². The van der Waals surface area contributed by atoms with Gasteiger partial charge in [-0.1, -0.05) is 0 Å². The van der Waals surface area contributed by atoms with Gasteiger partial charge in [0.2, 0.25) is 0 Å². The number of nitrogens with zero attached hydrogens (tertiary/aromatic N) is 1. The van der Waals surface area contributed by atoms with E-state index in [0.29, 0.717) is 0 Å². The van der Waals surface area contributed by atoms with Crippen LogP contribution in [0.2, 0.25) is 0 Å². The molecule has 0 atom stereocenters. The number of carbonyl (C=O) groups is 5. The molecule has 0 radical (unpaired) electrons. The Labute approximate surface area is 136 Å². The summed E-state index contributed by atoms with van der Waals surface area (Å²) in [5, 5.41) is 3.32. The van der Waals surface area contributed by atoms with Crippen LogP contribution in [-0.2, 0) is 48.1 Å². The fraction of sp³-hybridized carbons (Fsp3) is 0.500. The van der Waals surface area contributed by atoms with Gasteiger partial charge in [0, 0.05) is 0 Å². The number of ether oxygens (including phenoxy) is 1. The first-order chi connectivity index (χ1) is 10.3. The molecule has 0 spiro atoms. The minimum atomic E-state index is 0.827. The molecule has 1 rings (SSSR count). The van der Waals surface area contributed by atoms with E-state index < -0.39 is 0 Å². The zero-order valence-corrected chi connectivity index (χ0v) is 15.3. The molecule has 1 heterocycles. The third-order valence-corrected chi connectivity index (χ3v) is 3.10. The van der Waals surface area contributed by atoms with Crippen molar-refractivity contribution in [1.29, 1.82) is 0 Å². The Hall–Kier alpha value is -1.21. The SMILES string of the molecule is C=O.C=O.C=O.C=O.C=O.CCOCCN1CCN[C]1=[W]. The number of rotatable bonds is 4. The fourth-order valence-electron chi connectivity index (χ4n) is 1.04. The molecule has 1 saturated heterocycles. The van der Waals surface area contributed by atoms with Gasteiger partial charge in [-0.3, -0.25) is 0 Å². The van der Waals surface area contributed by atoms with Gasteiger partial charge in [-0.05, 0) is 0 Å². The summed E-state index contributed by atoms with van der Waals surface area (Å²) in [6.45, 7) is 17.0. The van der Waals surface area contributed by atoms with Gasteiger partial charge in [0.05, 0.1) is 0 Å². The van der Waals surface area contributed by atoms with Gasteiger partial charge in [0.1, 0.15) is 33.9 Å². The van der Waals surface area contributed by atoms with Gasteiger partial charge in [0.15, 0.2) is 0 Å². The molecule has 1 N–H and O–H groups in total. The quantitative estimate of drug-likeness (QED) is 0.496. The Morgan fingerprint density at radius 1 is 1.05 bits per heavy atom. The van der Waals surface area contributed by atoms with E-state index in [1.807, 2.05) is 40.9 Å². The summed E-state index contributed by atoms with van der Waals surface area (Å²) in [5.41, 5.74) is 0.